The molecule has 2 aliphatic carbocycles. The minimum atomic E-state index is -3.33. The highest BCUT2D eigenvalue weighted by Gasteiger charge is 2.52. The van der Waals surface area contributed by atoms with Gasteiger partial charge in [-0.1, -0.05) is 6.92 Å². The molecule has 0 radical (unpaired) electrons. The first-order valence-electron chi connectivity index (χ1n) is 9.27. The van der Waals surface area contributed by atoms with Crippen molar-refractivity contribution in [3.05, 3.63) is 0 Å². The van der Waals surface area contributed by atoms with Crippen molar-refractivity contribution < 1.29 is 17.9 Å². The molecule has 3 unspecified atom stereocenters. The van der Waals surface area contributed by atoms with Crippen LogP contribution in [0.15, 0.2) is 0 Å². The largest absolute Gasteiger partial charge is 0.380 e. The van der Waals surface area contributed by atoms with E-state index in [0.29, 0.717) is 32.6 Å². The van der Waals surface area contributed by atoms with Crippen molar-refractivity contribution in [1.29, 1.82) is 0 Å². The Hall–Kier alpha value is -0.860. The molecule has 2 saturated carbocycles. The maximum atomic E-state index is 12.7. The molecule has 142 valence electrons. The van der Waals surface area contributed by atoms with Gasteiger partial charge in [0, 0.05) is 24.5 Å². The van der Waals surface area contributed by atoms with E-state index in [1.807, 2.05) is 18.9 Å². The summed E-state index contributed by atoms with van der Waals surface area (Å²) in [5.74, 6) is 0. The van der Waals surface area contributed by atoms with Crippen LogP contribution in [0.4, 0.5) is 4.79 Å². The van der Waals surface area contributed by atoms with E-state index in [1.54, 1.807) is 4.90 Å². The van der Waals surface area contributed by atoms with Crippen LogP contribution in [-0.4, -0.2) is 73.9 Å². The standard InChI is InChI=1S/C17H29N3O4S/c1-16(10-24-11-16)9-20-13-5-4-12(8-14(13)19(3)15(20)21)25(22,23)18-17(2)6-7-17/h12-14,18H,4-11H2,1-3H3. The molecule has 2 amide bonds. The maximum Gasteiger partial charge on any atom is 0.320 e. The van der Waals surface area contributed by atoms with E-state index in [1.165, 1.54) is 0 Å². The van der Waals surface area contributed by atoms with Crippen molar-refractivity contribution in [3.63, 3.8) is 0 Å². The first kappa shape index (κ1) is 17.5. The number of nitrogens with one attached hydrogen (secondary N) is 1. The molecular weight excluding hydrogens is 342 g/mol. The molecule has 7 nitrogen and oxygen atoms in total. The molecule has 4 rings (SSSR count). The van der Waals surface area contributed by atoms with Gasteiger partial charge in [0.15, 0.2) is 0 Å². The SMILES string of the molecule is CN1C(=O)N(CC2(C)COC2)C2CCC(S(=O)(=O)NC3(C)CC3)CC21. The molecule has 8 heteroatoms. The van der Waals surface area contributed by atoms with E-state index in [0.717, 1.165) is 19.3 Å². The van der Waals surface area contributed by atoms with E-state index in [-0.39, 0.29) is 29.1 Å². The lowest BCUT2D eigenvalue weighted by molar-refractivity contribution is -0.112. The number of carbonyl (C=O) groups excluding carboxylic acids is 1. The number of nitrogens with zero attached hydrogens (tertiary/aromatic N) is 2. The summed E-state index contributed by atoms with van der Waals surface area (Å²) in [4.78, 5) is 16.5. The summed E-state index contributed by atoms with van der Waals surface area (Å²) < 4.78 is 33.7. The summed E-state index contributed by atoms with van der Waals surface area (Å²) in [7, 11) is -1.52. The summed E-state index contributed by atoms with van der Waals surface area (Å²) in [6.07, 6.45) is 3.73. The lowest BCUT2D eigenvalue weighted by atomic mass is 9.85. The number of likely N-dealkylation sites (N-methyl/N-ethyl adjacent to an activating group) is 1. The number of fused-ring (bicyclic) bond motifs is 1. The molecule has 1 N–H and O–H groups in total. The average molecular weight is 372 g/mol. The highest BCUT2D eigenvalue weighted by atomic mass is 32.2. The number of carbonyl (C=O) groups is 1. The van der Waals surface area contributed by atoms with Crippen LogP contribution in [0.2, 0.25) is 0 Å². The quantitative estimate of drug-likeness (QED) is 0.786. The van der Waals surface area contributed by atoms with E-state index < -0.39 is 15.3 Å². The molecule has 4 aliphatic rings. The average Bonchev–Trinajstić information content (AvgIpc) is 3.19. The van der Waals surface area contributed by atoms with Gasteiger partial charge >= 0.3 is 6.03 Å². The van der Waals surface area contributed by atoms with Crippen LogP contribution >= 0.6 is 0 Å². The monoisotopic (exact) mass is 371 g/mol. The first-order valence-corrected chi connectivity index (χ1v) is 10.8. The second-order valence-electron chi connectivity index (χ2n) is 9.10. The molecule has 2 heterocycles. The molecular formula is C17H29N3O4S. The number of hydrogen-bond donors (Lipinski definition) is 1. The van der Waals surface area contributed by atoms with Gasteiger partial charge in [0.1, 0.15) is 0 Å². The van der Waals surface area contributed by atoms with E-state index >= 15 is 0 Å². The Morgan fingerprint density at radius 3 is 2.44 bits per heavy atom. The van der Waals surface area contributed by atoms with Crippen LogP contribution in [0.1, 0.15) is 46.0 Å². The minimum absolute atomic E-state index is 0.0144. The van der Waals surface area contributed by atoms with Crippen molar-refractivity contribution in [1.82, 2.24) is 14.5 Å². The Labute approximate surface area is 150 Å². The Kier molecular flexibility index (Phi) is 3.91. The molecule has 3 atom stereocenters. The van der Waals surface area contributed by atoms with Gasteiger partial charge in [0.05, 0.1) is 30.5 Å². The van der Waals surface area contributed by atoms with Crippen molar-refractivity contribution >= 4 is 16.1 Å². The van der Waals surface area contributed by atoms with Gasteiger partial charge in [-0.15, -0.1) is 0 Å². The maximum absolute atomic E-state index is 12.7. The van der Waals surface area contributed by atoms with E-state index in [9.17, 15) is 13.2 Å². The van der Waals surface area contributed by atoms with Crippen molar-refractivity contribution in [3.8, 4) is 0 Å². The smallest absolute Gasteiger partial charge is 0.320 e. The predicted molar refractivity (Wildman–Crippen MR) is 93.7 cm³/mol. The molecule has 25 heavy (non-hydrogen) atoms. The van der Waals surface area contributed by atoms with Gasteiger partial charge < -0.3 is 14.5 Å². The fourth-order valence-electron chi connectivity index (χ4n) is 4.50. The lowest BCUT2D eigenvalue weighted by Crippen LogP contribution is -2.53. The van der Waals surface area contributed by atoms with Gasteiger partial charge in [0.2, 0.25) is 10.0 Å². The Morgan fingerprint density at radius 1 is 1.20 bits per heavy atom. The predicted octanol–water partition coefficient (Wildman–Crippen LogP) is 1.15. The van der Waals surface area contributed by atoms with Gasteiger partial charge in [-0.05, 0) is 39.0 Å². The van der Waals surface area contributed by atoms with Crippen molar-refractivity contribution in [2.75, 3.05) is 26.8 Å². The zero-order chi connectivity index (χ0) is 18.0. The van der Waals surface area contributed by atoms with Gasteiger partial charge in [-0.2, -0.15) is 0 Å². The third kappa shape index (κ3) is 3.06. The summed E-state index contributed by atoms with van der Waals surface area (Å²) in [6, 6.07) is 0.139. The zero-order valence-electron chi connectivity index (χ0n) is 15.3. The van der Waals surface area contributed by atoms with Crippen LogP contribution in [0.5, 0.6) is 0 Å². The third-order valence-corrected chi connectivity index (χ3v) is 8.54. The molecule has 2 aliphatic heterocycles. The molecule has 0 spiro atoms. The fraction of sp³-hybridized carbons (Fsp3) is 0.941. The number of hydrogen-bond acceptors (Lipinski definition) is 4. The second kappa shape index (κ2) is 5.57. The topological polar surface area (TPSA) is 79.0 Å². The Balaban J connectivity index is 1.47. The summed E-state index contributed by atoms with van der Waals surface area (Å²) in [6.45, 7) is 6.19. The highest BCUT2D eigenvalue weighted by molar-refractivity contribution is 7.90. The van der Waals surface area contributed by atoms with Crippen molar-refractivity contribution in [2.45, 2.75) is 68.8 Å². The molecule has 0 aromatic carbocycles. The molecule has 2 saturated heterocycles. The van der Waals surface area contributed by atoms with Crippen LogP contribution in [0, 0.1) is 5.41 Å². The zero-order valence-corrected chi connectivity index (χ0v) is 16.1. The van der Waals surface area contributed by atoms with Gasteiger partial charge in [-0.25, -0.2) is 17.9 Å². The second-order valence-corrected chi connectivity index (χ2v) is 11.1. The van der Waals surface area contributed by atoms with E-state index in [2.05, 4.69) is 11.6 Å². The molecule has 0 aromatic heterocycles. The van der Waals surface area contributed by atoms with Gasteiger partial charge in [0.25, 0.3) is 0 Å². The van der Waals surface area contributed by atoms with Gasteiger partial charge in [-0.3, -0.25) is 0 Å². The number of sulfonamides is 1. The van der Waals surface area contributed by atoms with Crippen LogP contribution < -0.4 is 4.72 Å². The lowest BCUT2D eigenvalue weighted by Gasteiger charge is -2.43. The van der Waals surface area contributed by atoms with Crippen LogP contribution in [-0.2, 0) is 14.8 Å². The van der Waals surface area contributed by atoms with Crippen LogP contribution in [0.3, 0.4) is 0 Å². The molecule has 0 aromatic rings. The van der Waals surface area contributed by atoms with Crippen molar-refractivity contribution in [2.24, 2.45) is 5.41 Å². The minimum Gasteiger partial charge on any atom is -0.380 e. The number of urea groups is 1. The number of amides is 2. The fourth-order valence-corrected chi connectivity index (χ4v) is 6.45. The Morgan fingerprint density at radius 2 is 1.88 bits per heavy atom. The normalized spacial score (nSPS) is 36.1. The van der Waals surface area contributed by atoms with E-state index in [4.69, 9.17) is 4.74 Å². The van der Waals surface area contributed by atoms with Crippen LogP contribution in [0.25, 0.3) is 0 Å². The number of rotatable bonds is 5. The summed E-state index contributed by atoms with van der Waals surface area (Å²) >= 11 is 0. The summed E-state index contributed by atoms with van der Waals surface area (Å²) in [5, 5.41) is -0.399. The Bertz CT molecular complexity index is 671. The molecule has 4 fully saturated rings. The third-order valence-electron chi connectivity index (χ3n) is 6.46. The summed E-state index contributed by atoms with van der Waals surface area (Å²) in [5.41, 5.74) is -0.200. The first-order chi connectivity index (χ1) is 11.6. The number of ether oxygens (including phenoxy) is 1. The molecule has 0 bridgehead atoms. The highest BCUT2D eigenvalue weighted by Crippen LogP contribution is 2.40.